The van der Waals surface area contributed by atoms with Gasteiger partial charge in [-0.1, -0.05) is 13.8 Å². The Kier molecular flexibility index (Phi) is 3.56. The Bertz CT molecular complexity index is 730. The molecule has 0 spiro atoms. The van der Waals surface area contributed by atoms with Gasteiger partial charge >= 0.3 is 5.69 Å². The third kappa shape index (κ3) is 2.82. The summed E-state index contributed by atoms with van der Waals surface area (Å²) in [4.78, 5) is 30.5. The number of fused-ring (bicyclic) bond motifs is 1. The minimum atomic E-state index is -0.473. The van der Waals surface area contributed by atoms with E-state index in [1.807, 2.05) is 27.7 Å². The molecule has 0 saturated carbocycles. The van der Waals surface area contributed by atoms with E-state index in [9.17, 15) is 9.59 Å². The summed E-state index contributed by atoms with van der Waals surface area (Å²) >= 11 is 0. The fourth-order valence-corrected chi connectivity index (χ4v) is 2.21. The first-order valence-corrected chi connectivity index (χ1v) is 6.66. The minimum absolute atomic E-state index is 0.276. The minimum Gasteiger partial charge on any atom is -0.324 e. The van der Waals surface area contributed by atoms with Crippen molar-refractivity contribution in [2.24, 2.45) is 11.7 Å². The zero-order valence-electron chi connectivity index (χ0n) is 12.3. The summed E-state index contributed by atoms with van der Waals surface area (Å²) in [6, 6.07) is 0. The molecule has 0 radical (unpaired) electrons. The molecule has 110 valence electrons. The van der Waals surface area contributed by atoms with E-state index in [1.54, 1.807) is 10.9 Å². The van der Waals surface area contributed by atoms with Gasteiger partial charge in [0.1, 0.15) is 0 Å². The molecule has 3 N–H and O–H groups in total. The van der Waals surface area contributed by atoms with Crippen LogP contribution in [0.15, 0.2) is 15.9 Å². The van der Waals surface area contributed by atoms with E-state index in [2.05, 4.69) is 9.97 Å². The van der Waals surface area contributed by atoms with Gasteiger partial charge in [-0.3, -0.25) is 14.3 Å². The van der Waals surface area contributed by atoms with Gasteiger partial charge < -0.3 is 10.3 Å². The maximum atomic E-state index is 12.0. The molecule has 2 aromatic heterocycles. The van der Waals surface area contributed by atoms with Gasteiger partial charge in [-0.25, -0.2) is 9.78 Å². The van der Waals surface area contributed by atoms with E-state index in [4.69, 9.17) is 5.73 Å². The largest absolute Gasteiger partial charge is 0.330 e. The highest BCUT2D eigenvalue weighted by Gasteiger charge is 2.18. The predicted molar refractivity (Wildman–Crippen MR) is 77.7 cm³/mol. The molecule has 0 aliphatic heterocycles. The molecule has 2 aromatic rings. The summed E-state index contributed by atoms with van der Waals surface area (Å²) in [7, 11) is 0. The molecule has 0 amide bonds. The fourth-order valence-electron chi connectivity index (χ4n) is 2.21. The normalized spacial score (nSPS) is 12.5. The Morgan fingerprint density at radius 3 is 2.60 bits per heavy atom. The van der Waals surface area contributed by atoms with Gasteiger partial charge in [-0.2, -0.15) is 0 Å². The van der Waals surface area contributed by atoms with Gasteiger partial charge in [0, 0.05) is 18.6 Å². The SMILES string of the molecule is CC(C)Cn1c(=O)[nH]c(=O)c2c1ncn2CC(C)(C)N. The number of nitrogens with one attached hydrogen (secondary N) is 1. The summed E-state index contributed by atoms with van der Waals surface area (Å²) in [5.41, 5.74) is 5.47. The number of H-pyrrole nitrogens is 1. The quantitative estimate of drug-likeness (QED) is 0.839. The third-order valence-electron chi connectivity index (χ3n) is 2.88. The molecule has 2 heterocycles. The van der Waals surface area contributed by atoms with Crippen LogP contribution in [-0.2, 0) is 13.1 Å². The average molecular weight is 279 g/mol. The van der Waals surface area contributed by atoms with Crippen LogP contribution in [0.2, 0.25) is 0 Å². The Morgan fingerprint density at radius 1 is 1.40 bits per heavy atom. The Morgan fingerprint density at radius 2 is 2.05 bits per heavy atom. The Balaban J connectivity index is 2.67. The smallest absolute Gasteiger partial charge is 0.324 e. The number of nitrogens with zero attached hydrogens (tertiary/aromatic N) is 3. The monoisotopic (exact) mass is 279 g/mol. The van der Waals surface area contributed by atoms with Crippen LogP contribution in [0.3, 0.4) is 0 Å². The number of rotatable bonds is 4. The van der Waals surface area contributed by atoms with Gasteiger partial charge in [0.2, 0.25) is 0 Å². The summed E-state index contributed by atoms with van der Waals surface area (Å²) in [6.07, 6.45) is 1.56. The maximum absolute atomic E-state index is 12.0. The lowest BCUT2D eigenvalue weighted by Crippen LogP contribution is -2.38. The van der Waals surface area contributed by atoms with Crippen LogP contribution < -0.4 is 17.0 Å². The lowest BCUT2D eigenvalue weighted by Gasteiger charge is -2.19. The van der Waals surface area contributed by atoms with Gasteiger partial charge in [0.25, 0.3) is 5.56 Å². The molecule has 7 heteroatoms. The van der Waals surface area contributed by atoms with Gasteiger partial charge in [0.15, 0.2) is 11.2 Å². The highest BCUT2D eigenvalue weighted by Crippen LogP contribution is 2.11. The molecule has 0 aliphatic rings. The average Bonchev–Trinajstić information content (AvgIpc) is 2.65. The first-order chi connectivity index (χ1) is 9.19. The maximum Gasteiger partial charge on any atom is 0.330 e. The number of aromatic amines is 1. The van der Waals surface area contributed by atoms with Crippen molar-refractivity contribution in [2.75, 3.05) is 0 Å². The number of imidazole rings is 1. The first-order valence-electron chi connectivity index (χ1n) is 6.66. The lowest BCUT2D eigenvalue weighted by atomic mass is 10.1. The number of aromatic nitrogens is 4. The highest BCUT2D eigenvalue weighted by atomic mass is 16.2. The van der Waals surface area contributed by atoms with E-state index in [0.717, 1.165) is 0 Å². The van der Waals surface area contributed by atoms with Gasteiger partial charge in [0.05, 0.1) is 6.33 Å². The van der Waals surface area contributed by atoms with Crippen LogP contribution in [0.25, 0.3) is 11.2 Å². The molecule has 0 unspecified atom stereocenters. The summed E-state index contributed by atoms with van der Waals surface area (Å²) < 4.78 is 3.20. The second-order valence-electron chi connectivity index (χ2n) is 6.30. The van der Waals surface area contributed by atoms with Gasteiger partial charge in [-0.05, 0) is 19.8 Å². The van der Waals surface area contributed by atoms with E-state index < -0.39 is 16.8 Å². The van der Waals surface area contributed by atoms with Crippen LogP contribution in [0.5, 0.6) is 0 Å². The molecule has 0 saturated heterocycles. The second-order valence-corrected chi connectivity index (χ2v) is 6.30. The highest BCUT2D eigenvalue weighted by molar-refractivity contribution is 5.69. The zero-order chi connectivity index (χ0) is 15.1. The molecule has 20 heavy (non-hydrogen) atoms. The van der Waals surface area contributed by atoms with Crippen molar-refractivity contribution < 1.29 is 0 Å². The summed E-state index contributed by atoms with van der Waals surface area (Å²) in [6.45, 7) is 8.71. The molecule has 0 aliphatic carbocycles. The summed E-state index contributed by atoms with van der Waals surface area (Å²) in [5, 5.41) is 0. The molecule has 0 atom stereocenters. The number of hydrogen-bond acceptors (Lipinski definition) is 4. The number of nitrogens with two attached hydrogens (primary N) is 1. The molecule has 7 nitrogen and oxygen atoms in total. The van der Waals surface area contributed by atoms with Crippen LogP contribution in [0.1, 0.15) is 27.7 Å². The number of hydrogen-bond donors (Lipinski definition) is 2. The van der Waals surface area contributed by atoms with E-state index in [0.29, 0.717) is 24.3 Å². The van der Waals surface area contributed by atoms with Crippen molar-refractivity contribution >= 4 is 11.2 Å². The van der Waals surface area contributed by atoms with Crippen molar-refractivity contribution in [3.8, 4) is 0 Å². The van der Waals surface area contributed by atoms with Crippen LogP contribution in [0.4, 0.5) is 0 Å². The Hall–Kier alpha value is -1.89. The third-order valence-corrected chi connectivity index (χ3v) is 2.88. The second kappa shape index (κ2) is 4.90. The molecule has 0 aromatic carbocycles. The van der Waals surface area contributed by atoms with E-state index in [1.165, 1.54) is 4.57 Å². The molecule has 2 rings (SSSR count). The van der Waals surface area contributed by atoms with Gasteiger partial charge in [-0.15, -0.1) is 0 Å². The van der Waals surface area contributed by atoms with E-state index in [-0.39, 0.29) is 5.92 Å². The zero-order valence-corrected chi connectivity index (χ0v) is 12.3. The van der Waals surface area contributed by atoms with Crippen molar-refractivity contribution in [3.63, 3.8) is 0 Å². The van der Waals surface area contributed by atoms with Crippen LogP contribution in [0, 0.1) is 5.92 Å². The molecule has 0 fully saturated rings. The summed E-state index contributed by atoms with van der Waals surface area (Å²) in [5.74, 6) is 0.276. The van der Waals surface area contributed by atoms with Crippen molar-refractivity contribution in [1.29, 1.82) is 0 Å². The predicted octanol–water partition coefficient (Wildman–Crippen LogP) is 0.280. The fraction of sp³-hybridized carbons (Fsp3) is 0.615. The molecule has 0 bridgehead atoms. The van der Waals surface area contributed by atoms with Crippen molar-refractivity contribution in [3.05, 3.63) is 27.2 Å². The topological polar surface area (TPSA) is 98.7 Å². The van der Waals surface area contributed by atoms with Crippen LogP contribution in [-0.4, -0.2) is 24.6 Å². The van der Waals surface area contributed by atoms with Crippen molar-refractivity contribution in [1.82, 2.24) is 19.1 Å². The lowest BCUT2D eigenvalue weighted by molar-refractivity contribution is 0.439. The van der Waals surface area contributed by atoms with Crippen molar-refractivity contribution in [2.45, 2.75) is 46.3 Å². The Labute approximate surface area is 116 Å². The molecular formula is C13H21N5O2. The standard InChI is InChI=1S/C13H21N5O2/c1-8(2)5-18-10-9(11(19)16-12(18)20)17(7-15-10)6-13(3,4)14/h7-8H,5-6,14H2,1-4H3,(H,16,19,20). The van der Waals surface area contributed by atoms with Crippen LogP contribution >= 0.6 is 0 Å². The first kappa shape index (κ1) is 14.5. The van der Waals surface area contributed by atoms with E-state index >= 15 is 0 Å². The molecular weight excluding hydrogens is 258 g/mol.